The number of aliphatic hydroxyl groups is 1. The highest BCUT2D eigenvalue weighted by atomic mass is 16.5. The minimum absolute atomic E-state index is 0.222. The molecule has 2 saturated heterocycles. The molecule has 2 aliphatic rings. The lowest BCUT2D eigenvalue weighted by atomic mass is 9.73. The Labute approximate surface area is 163 Å². The Morgan fingerprint density at radius 3 is 2.64 bits per heavy atom. The molecule has 2 aromatic rings. The van der Waals surface area contributed by atoms with Gasteiger partial charge in [-0.2, -0.15) is 4.98 Å². The molecule has 1 spiro atoms. The van der Waals surface area contributed by atoms with Crippen molar-refractivity contribution in [1.29, 1.82) is 0 Å². The van der Waals surface area contributed by atoms with Gasteiger partial charge in [-0.15, -0.1) is 0 Å². The fraction of sp³-hybridized carbons (Fsp3) is 0.579. The normalized spacial score (nSPS) is 27.0. The quantitative estimate of drug-likeness (QED) is 0.804. The number of carbonyl (C=O) groups excluding carboxylic acids is 1. The number of pyridine rings is 1. The zero-order chi connectivity index (χ0) is 19.8. The van der Waals surface area contributed by atoms with E-state index in [0.29, 0.717) is 56.4 Å². The van der Waals surface area contributed by atoms with Crippen molar-refractivity contribution in [2.45, 2.75) is 50.4 Å². The molecule has 28 heavy (non-hydrogen) atoms. The van der Waals surface area contributed by atoms with Crippen LogP contribution in [0.4, 0.5) is 5.95 Å². The maximum Gasteiger partial charge on any atom is 0.266 e. The van der Waals surface area contributed by atoms with E-state index in [1.165, 1.54) is 0 Å². The second kappa shape index (κ2) is 7.14. The maximum absolute atomic E-state index is 12.6. The molecule has 150 valence electrons. The summed E-state index contributed by atoms with van der Waals surface area (Å²) in [5.41, 5.74) is -0.955. The van der Waals surface area contributed by atoms with Gasteiger partial charge in [-0.25, -0.2) is 0 Å². The fourth-order valence-electron chi connectivity index (χ4n) is 4.15. The van der Waals surface area contributed by atoms with Crippen LogP contribution in [0.2, 0.25) is 0 Å². The first-order valence-corrected chi connectivity index (χ1v) is 9.52. The van der Waals surface area contributed by atoms with Gasteiger partial charge < -0.3 is 24.6 Å². The second-order valence-corrected chi connectivity index (χ2v) is 7.77. The van der Waals surface area contributed by atoms with Crippen LogP contribution in [0.1, 0.15) is 42.4 Å². The van der Waals surface area contributed by atoms with E-state index in [-0.39, 0.29) is 5.91 Å². The molecule has 0 aliphatic carbocycles. The van der Waals surface area contributed by atoms with E-state index in [1.54, 1.807) is 31.5 Å². The molecule has 1 amide bonds. The van der Waals surface area contributed by atoms with Crippen molar-refractivity contribution in [3.63, 3.8) is 0 Å². The summed E-state index contributed by atoms with van der Waals surface area (Å²) in [7, 11) is 0. The summed E-state index contributed by atoms with van der Waals surface area (Å²) in [5.74, 6) is 0.864. The molecule has 9 nitrogen and oxygen atoms in total. The van der Waals surface area contributed by atoms with E-state index in [4.69, 9.17) is 9.26 Å². The third kappa shape index (κ3) is 3.35. The Bertz CT molecular complexity index is 834. The number of anilines is 1. The summed E-state index contributed by atoms with van der Waals surface area (Å²) in [6.07, 6.45) is 4.10. The Morgan fingerprint density at radius 1 is 1.29 bits per heavy atom. The number of aliphatic hydroxyl groups excluding tert-OH is 1. The number of ether oxygens (including phenoxy) is 1. The van der Waals surface area contributed by atoms with Gasteiger partial charge in [-0.1, -0.05) is 0 Å². The third-order valence-corrected chi connectivity index (χ3v) is 5.86. The summed E-state index contributed by atoms with van der Waals surface area (Å²) in [5, 5.41) is 18.2. The molecule has 0 saturated carbocycles. The molecule has 4 heterocycles. The number of amides is 1. The Kier molecular flexibility index (Phi) is 4.80. The molecule has 2 aliphatic heterocycles. The highest BCUT2D eigenvalue weighted by Crippen LogP contribution is 2.40. The number of carbonyl (C=O) groups is 1. The highest BCUT2D eigenvalue weighted by molar-refractivity contribution is 5.94. The van der Waals surface area contributed by atoms with Gasteiger partial charge in [0.15, 0.2) is 0 Å². The topological polar surface area (TPSA) is 114 Å². The fourth-order valence-corrected chi connectivity index (χ4v) is 4.15. The van der Waals surface area contributed by atoms with Crippen molar-refractivity contribution >= 4 is 11.9 Å². The van der Waals surface area contributed by atoms with Gasteiger partial charge in [-0.05, 0) is 43.5 Å². The van der Waals surface area contributed by atoms with E-state index in [2.05, 4.69) is 20.4 Å². The number of rotatable bonds is 3. The number of piperidine rings is 1. The molecule has 2 aromatic heterocycles. The SMILES string of the molecule is Cc1nc(N2CCC3(CC2)OCC[C@](C)(NC(=O)c2ccncc2)[C@H]3O)no1. The number of nitrogens with zero attached hydrogens (tertiary/aromatic N) is 4. The summed E-state index contributed by atoms with van der Waals surface area (Å²) in [6, 6.07) is 3.32. The number of hydrogen-bond acceptors (Lipinski definition) is 8. The van der Waals surface area contributed by atoms with E-state index in [1.807, 2.05) is 11.8 Å². The molecular formula is C19H25N5O4. The molecule has 2 fully saturated rings. The first-order valence-electron chi connectivity index (χ1n) is 9.52. The highest BCUT2D eigenvalue weighted by Gasteiger charge is 2.54. The number of aryl methyl sites for hydroxylation is 1. The van der Waals surface area contributed by atoms with Crippen molar-refractivity contribution in [3.8, 4) is 0 Å². The molecule has 0 bridgehead atoms. The first-order chi connectivity index (χ1) is 13.4. The van der Waals surface area contributed by atoms with Crippen LogP contribution in [-0.4, -0.2) is 63.1 Å². The minimum Gasteiger partial charge on any atom is -0.388 e. The maximum atomic E-state index is 12.6. The largest absolute Gasteiger partial charge is 0.388 e. The third-order valence-electron chi connectivity index (χ3n) is 5.86. The molecule has 2 N–H and O–H groups in total. The van der Waals surface area contributed by atoms with Crippen molar-refractivity contribution in [1.82, 2.24) is 20.4 Å². The monoisotopic (exact) mass is 387 g/mol. The van der Waals surface area contributed by atoms with E-state index < -0.39 is 17.2 Å². The van der Waals surface area contributed by atoms with Gasteiger partial charge in [0.05, 0.1) is 11.1 Å². The zero-order valence-corrected chi connectivity index (χ0v) is 16.1. The van der Waals surface area contributed by atoms with Crippen molar-refractivity contribution < 1.29 is 19.2 Å². The van der Waals surface area contributed by atoms with Crippen LogP contribution in [-0.2, 0) is 4.74 Å². The van der Waals surface area contributed by atoms with Gasteiger partial charge in [-0.3, -0.25) is 9.78 Å². The Morgan fingerprint density at radius 2 is 2.00 bits per heavy atom. The van der Waals surface area contributed by atoms with E-state index in [9.17, 15) is 9.90 Å². The van der Waals surface area contributed by atoms with Crippen LogP contribution in [0.25, 0.3) is 0 Å². The minimum atomic E-state index is -0.825. The lowest BCUT2D eigenvalue weighted by molar-refractivity contribution is -0.195. The second-order valence-electron chi connectivity index (χ2n) is 7.77. The number of aromatic nitrogens is 3. The molecule has 9 heteroatoms. The van der Waals surface area contributed by atoms with Crippen LogP contribution in [0.15, 0.2) is 29.0 Å². The molecule has 2 atom stereocenters. The molecule has 0 aromatic carbocycles. The van der Waals surface area contributed by atoms with Gasteiger partial charge in [0, 0.05) is 44.6 Å². The van der Waals surface area contributed by atoms with Crippen molar-refractivity contribution in [2.75, 3.05) is 24.6 Å². The summed E-state index contributed by atoms with van der Waals surface area (Å²) in [4.78, 5) is 22.9. The van der Waals surface area contributed by atoms with Crippen molar-refractivity contribution in [2.24, 2.45) is 0 Å². The van der Waals surface area contributed by atoms with Crippen LogP contribution in [0, 0.1) is 6.92 Å². The molecule has 0 radical (unpaired) electrons. The summed E-state index contributed by atoms with van der Waals surface area (Å²) in [6.45, 7) is 5.41. The number of nitrogens with one attached hydrogen (secondary N) is 1. The van der Waals surface area contributed by atoms with Gasteiger partial charge >= 0.3 is 0 Å². The Balaban J connectivity index is 1.47. The molecule has 4 rings (SSSR count). The van der Waals surface area contributed by atoms with Gasteiger partial charge in [0.1, 0.15) is 6.10 Å². The average Bonchev–Trinajstić information content (AvgIpc) is 3.14. The smallest absolute Gasteiger partial charge is 0.266 e. The van der Waals surface area contributed by atoms with Crippen LogP contribution in [0.5, 0.6) is 0 Å². The predicted octanol–water partition coefficient (Wildman–Crippen LogP) is 1.08. The van der Waals surface area contributed by atoms with Crippen LogP contribution >= 0.6 is 0 Å². The number of hydrogen-bond donors (Lipinski definition) is 2. The van der Waals surface area contributed by atoms with Gasteiger partial charge in [0.25, 0.3) is 11.9 Å². The lowest BCUT2D eigenvalue weighted by Gasteiger charge is -2.53. The molecular weight excluding hydrogens is 362 g/mol. The van der Waals surface area contributed by atoms with Crippen molar-refractivity contribution in [3.05, 3.63) is 36.0 Å². The lowest BCUT2D eigenvalue weighted by Crippen LogP contribution is -2.69. The molecule has 0 unspecified atom stereocenters. The summed E-state index contributed by atoms with van der Waals surface area (Å²) >= 11 is 0. The standard InChI is InChI=1S/C19H25N5O4/c1-13-21-17(23-28-13)24-10-5-19(6-11-24)16(26)18(2,7-12-27-19)22-15(25)14-3-8-20-9-4-14/h3-4,8-9,16,26H,5-7,10-12H2,1-2H3,(H,22,25)/t16-,18+/m1/s1. The van der Waals surface area contributed by atoms with E-state index in [0.717, 1.165) is 0 Å². The zero-order valence-electron chi connectivity index (χ0n) is 16.1. The predicted molar refractivity (Wildman–Crippen MR) is 99.9 cm³/mol. The van der Waals surface area contributed by atoms with Crippen LogP contribution in [0.3, 0.4) is 0 Å². The summed E-state index contributed by atoms with van der Waals surface area (Å²) < 4.78 is 11.1. The Hall–Kier alpha value is -2.52. The first kappa shape index (κ1) is 18.8. The van der Waals surface area contributed by atoms with E-state index >= 15 is 0 Å². The van der Waals surface area contributed by atoms with Gasteiger partial charge in [0.2, 0.25) is 5.89 Å². The average molecular weight is 387 g/mol. The van der Waals surface area contributed by atoms with Crippen LogP contribution < -0.4 is 10.2 Å².